The van der Waals surface area contributed by atoms with Crippen LogP contribution in [0, 0.1) is 0 Å². The molecule has 2 unspecified atom stereocenters. The third-order valence-corrected chi connectivity index (χ3v) is 5.95. The zero-order valence-electron chi connectivity index (χ0n) is 19.2. The van der Waals surface area contributed by atoms with E-state index in [4.69, 9.17) is 14.2 Å². The molecule has 2 aliphatic rings. The number of fused-ring (bicyclic) bond motifs is 3. The number of phenolic OH excluding ortho intramolecular Hbond substituents is 1. The third kappa shape index (κ3) is 4.30. The van der Waals surface area contributed by atoms with E-state index in [1.54, 1.807) is 20.8 Å². The lowest BCUT2D eigenvalue weighted by Gasteiger charge is -2.37. The van der Waals surface area contributed by atoms with Crippen LogP contribution in [0.1, 0.15) is 44.9 Å². The molecule has 1 spiro atoms. The van der Waals surface area contributed by atoms with Gasteiger partial charge in [0.15, 0.2) is 11.4 Å². The normalized spacial score (nSPS) is 22.4. The maximum atomic E-state index is 14.0. The summed E-state index contributed by atoms with van der Waals surface area (Å²) in [4.78, 5) is 30.2. The molecule has 184 valence electrons. The van der Waals surface area contributed by atoms with Gasteiger partial charge in [0.1, 0.15) is 23.0 Å². The molecule has 0 radical (unpaired) electrons. The zero-order valence-corrected chi connectivity index (χ0v) is 19.2. The molecule has 11 heteroatoms. The first-order chi connectivity index (χ1) is 15.7. The van der Waals surface area contributed by atoms with Crippen LogP contribution in [0.3, 0.4) is 0 Å². The van der Waals surface area contributed by atoms with Gasteiger partial charge in [0.2, 0.25) is 0 Å². The fraction of sp³-hybridized carbons (Fsp3) is 0.522. The number of carbonyl (C=O) groups excluding carboxylic acids is 2. The van der Waals surface area contributed by atoms with Gasteiger partial charge in [0.25, 0.3) is 0 Å². The van der Waals surface area contributed by atoms with E-state index in [0.717, 1.165) is 4.90 Å². The van der Waals surface area contributed by atoms with Crippen molar-refractivity contribution in [2.75, 3.05) is 13.7 Å². The van der Waals surface area contributed by atoms with Crippen molar-refractivity contribution < 1.29 is 42.1 Å². The number of amides is 1. The number of carbonyl (C=O) groups is 2. The van der Waals surface area contributed by atoms with Gasteiger partial charge in [-0.1, -0.05) is 0 Å². The van der Waals surface area contributed by atoms with E-state index in [1.807, 2.05) is 0 Å². The van der Waals surface area contributed by atoms with Gasteiger partial charge in [0.05, 0.1) is 19.2 Å². The number of aromatic hydroxyl groups is 1. The smallest absolute Gasteiger partial charge is 0.437 e. The molecule has 0 aliphatic carbocycles. The summed E-state index contributed by atoms with van der Waals surface area (Å²) in [6.07, 6.45) is -5.25. The lowest BCUT2D eigenvalue weighted by atomic mass is 9.87. The molecule has 0 saturated carbocycles. The first-order valence-corrected chi connectivity index (χ1v) is 10.7. The van der Waals surface area contributed by atoms with Crippen molar-refractivity contribution in [2.45, 2.75) is 63.5 Å². The maximum Gasteiger partial charge on any atom is 0.437 e. The van der Waals surface area contributed by atoms with Crippen LogP contribution in [0.5, 0.6) is 11.5 Å². The van der Waals surface area contributed by atoms with Crippen LogP contribution in [0.25, 0.3) is 10.9 Å². The van der Waals surface area contributed by atoms with E-state index >= 15 is 0 Å². The lowest BCUT2D eigenvalue weighted by molar-refractivity contribution is -0.146. The standard InChI is InChI=1S/C23H25F3N2O6/c1-21(2,3)34-20(31)28-11-22(10-16(28)19(30)32-4)8-7-13-14-9-12(29)5-6-15(14)27-18(17(13)33-22)23(24,25)26/h5-6,9,16,29H,7-8,10-11H2,1-4H3. The van der Waals surface area contributed by atoms with Gasteiger partial charge in [-0.2, -0.15) is 13.2 Å². The molecule has 1 N–H and O–H groups in total. The van der Waals surface area contributed by atoms with Crippen molar-refractivity contribution in [1.82, 2.24) is 9.88 Å². The summed E-state index contributed by atoms with van der Waals surface area (Å²) < 4.78 is 58.1. The van der Waals surface area contributed by atoms with Crippen LogP contribution < -0.4 is 4.74 Å². The second kappa shape index (κ2) is 7.92. The quantitative estimate of drug-likeness (QED) is 0.608. The number of methoxy groups -OCH3 is 1. The number of pyridine rings is 1. The predicted molar refractivity (Wildman–Crippen MR) is 113 cm³/mol. The Bertz CT molecular complexity index is 1160. The summed E-state index contributed by atoms with van der Waals surface area (Å²) in [5.74, 6) is -1.28. The van der Waals surface area contributed by atoms with E-state index < -0.39 is 46.9 Å². The highest BCUT2D eigenvalue weighted by Gasteiger charge is 2.54. The average molecular weight is 482 g/mol. The van der Waals surface area contributed by atoms with E-state index in [9.17, 15) is 27.9 Å². The molecule has 1 aromatic carbocycles. The fourth-order valence-electron chi connectivity index (χ4n) is 4.53. The van der Waals surface area contributed by atoms with Gasteiger partial charge >= 0.3 is 18.2 Å². The minimum absolute atomic E-state index is 0.0618. The number of halogens is 3. The summed E-state index contributed by atoms with van der Waals surface area (Å²) in [6, 6.07) is 2.86. The van der Waals surface area contributed by atoms with Crippen molar-refractivity contribution >= 4 is 23.0 Å². The van der Waals surface area contributed by atoms with Crippen molar-refractivity contribution in [3.8, 4) is 11.5 Å². The Balaban J connectivity index is 1.78. The van der Waals surface area contributed by atoms with Crippen LogP contribution in [0.15, 0.2) is 18.2 Å². The summed E-state index contributed by atoms with van der Waals surface area (Å²) in [5, 5.41) is 10.2. The monoisotopic (exact) mass is 482 g/mol. The van der Waals surface area contributed by atoms with Crippen molar-refractivity contribution in [3.05, 3.63) is 29.5 Å². The van der Waals surface area contributed by atoms with Crippen LogP contribution in [0.2, 0.25) is 0 Å². The molecule has 4 rings (SSSR count). The number of aromatic nitrogens is 1. The highest BCUT2D eigenvalue weighted by molar-refractivity contribution is 5.87. The van der Waals surface area contributed by atoms with E-state index in [1.165, 1.54) is 25.3 Å². The van der Waals surface area contributed by atoms with Crippen LogP contribution >= 0.6 is 0 Å². The van der Waals surface area contributed by atoms with Crippen LogP contribution in [-0.4, -0.2) is 58.0 Å². The maximum absolute atomic E-state index is 14.0. The summed E-state index contributed by atoms with van der Waals surface area (Å²) in [5.41, 5.74) is -2.96. The predicted octanol–water partition coefficient (Wildman–Crippen LogP) is 4.21. The number of hydrogen-bond acceptors (Lipinski definition) is 7. The first kappa shape index (κ1) is 23.9. The Morgan fingerprint density at radius 2 is 1.97 bits per heavy atom. The molecule has 1 fully saturated rings. The van der Waals surface area contributed by atoms with Gasteiger partial charge < -0.3 is 19.3 Å². The molecule has 34 heavy (non-hydrogen) atoms. The Morgan fingerprint density at radius 3 is 2.59 bits per heavy atom. The molecule has 1 amide bonds. The third-order valence-electron chi connectivity index (χ3n) is 5.95. The molecule has 0 bridgehead atoms. The van der Waals surface area contributed by atoms with Crippen molar-refractivity contribution in [2.24, 2.45) is 0 Å². The van der Waals surface area contributed by atoms with Gasteiger partial charge in [-0.15, -0.1) is 0 Å². The summed E-state index contributed by atoms with van der Waals surface area (Å²) in [6.45, 7) is 4.84. The van der Waals surface area contributed by atoms with Crippen molar-refractivity contribution in [1.29, 1.82) is 0 Å². The number of phenols is 1. The first-order valence-electron chi connectivity index (χ1n) is 10.7. The zero-order chi connectivity index (χ0) is 25.1. The summed E-state index contributed by atoms with van der Waals surface area (Å²) >= 11 is 0. The van der Waals surface area contributed by atoms with Crippen molar-refractivity contribution in [3.63, 3.8) is 0 Å². The molecule has 1 saturated heterocycles. The average Bonchev–Trinajstić information content (AvgIpc) is 3.09. The van der Waals surface area contributed by atoms with Gasteiger partial charge in [-0.25, -0.2) is 14.6 Å². The molecule has 2 aliphatic heterocycles. The van der Waals surface area contributed by atoms with Crippen LogP contribution in [0.4, 0.5) is 18.0 Å². The fourth-order valence-corrected chi connectivity index (χ4v) is 4.53. The molecule has 2 atom stereocenters. The van der Waals surface area contributed by atoms with Gasteiger partial charge in [-0.05, 0) is 51.8 Å². The summed E-state index contributed by atoms with van der Waals surface area (Å²) in [7, 11) is 1.17. The van der Waals surface area contributed by atoms with E-state index in [2.05, 4.69) is 4.98 Å². The number of nitrogens with zero attached hydrogens (tertiary/aromatic N) is 2. The Morgan fingerprint density at radius 1 is 1.26 bits per heavy atom. The number of hydrogen-bond donors (Lipinski definition) is 1. The molecule has 3 heterocycles. The number of alkyl halides is 3. The van der Waals surface area contributed by atoms with Gasteiger partial charge in [0, 0.05) is 17.4 Å². The largest absolute Gasteiger partial charge is 0.508 e. The topological polar surface area (TPSA) is 98.2 Å². The minimum atomic E-state index is -4.81. The number of ether oxygens (including phenoxy) is 3. The van der Waals surface area contributed by atoms with E-state index in [0.29, 0.717) is 5.39 Å². The number of esters is 1. The number of likely N-dealkylation sites (tertiary alicyclic amines) is 1. The highest BCUT2D eigenvalue weighted by Crippen LogP contribution is 2.48. The Labute approximate surface area is 193 Å². The van der Waals surface area contributed by atoms with Gasteiger partial charge in [-0.3, -0.25) is 4.90 Å². The Kier molecular flexibility index (Phi) is 5.57. The number of rotatable bonds is 1. The highest BCUT2D eigenvalue weighted by atomic mass is 19.4. The number of aryl methyl sites for hydroxylation is 1. The van der Waals surface area contributed by atoms with E-state index in [-0.39, 0.29) is 42.6 Å². The molecule has 8 nitrogen and oxygen atoms in total. The second-order valence-electron chi connectivity index (χ2n) is 9.60. The minimum Gasteiger partial charge on any atom is -0.508 e. The molecular weight excluding hydrogens is 457 g/mol. The SMILES string of the molecule is COC(=O)C1CC2(CCc3c(c(C(F)(F)F)nc4ccc(O)cc34)O2)CN1C(=O)OC(C)(C)C. The Hall–Kier alpha value is -3.24. The molecule has 2 aromatic rings. The molecular formula is C23H25F3N2O6. The second-order valence-corrected chi connectivity index (χ2v) is 9.60. The molecule has 1 aromatic heterocycles. The van der Waals surface area contributed by atoms with Crippen LogP contribution in [-0.2, 0) is 26.9 Å². The lowest BCUT2D eigenvalue weighted by Crippen LogP contribution is -2.46. The number of benzene rings is 1.